The third-order valence-corrected chi connectivity index (χ3v) is 5.55. The second kappa shape index (κ2) is 7.47. The summed E-state index contributed by atoms with van der Waals surface area (Å²) in [4.78, 5) is 25.9. The fraction of sp³-hybridized carbons (Fsp3) is 0.211. The molecular formula is C19H13F3N2O4S2. The molecule has 1 aromatic heterocycles. The summed E-state index contributed by atoms with van der Waals surface area (Å²) in [5, 5.41) is 2.50. The van der Waals surface area contributed by atoms with Crippen molar-refractivity contribution in [2.24, 2.45) is 0 Å². The number of thiocarbonyl (C=S) groups is 1. The first-order chi connectivity index (χ1) is 14.1. The van der Waals surface area contributed by atoms with Crippen LogP contribution in [-0.2, 0) is 22.3 Å². The highest BCUT2D eigenvalue weighted by atomic mass is 32.2. The molecule has 1 N–H and O–H groups in total. The van der Waals surface area contributed by atoms with Gasteiger partial charge in [-0.1, -0.05) is 30.0 Å². The van der Waals surface area contributed by atoms with E-state index in [1.807, 2.05) is 0 Å². The van der Waals surface area contributed by atoms with E-state index in [9.17, 15) is 22.8 Å². The van der Waals surface area contributed by atoms with Gasteiger partial charge >= 0.3 is 6.18 Å². The average Bonchev–Trinajstić information content (AvgIpc) is 3.18. The third kappa shape index (κ3) is 3.94. The lowest BCUT2D eigenvalue weighted by Crippen LogP contribution is -2.38. The highest BCUT2D eigenvalue weighted by Crippen LogP contribution is 2.39. The van der Waals surface area contributed by atoms with Crippen LogP contribution in [0.3, 0.4) is 0 Å². The number of aryl methyl sites for hydroxylation is 1. The Balaban J connectivity index is 1.71. The number of ether oxygens (including phenoxy) is 1. The van der Waals surface area contributed by atoms with Crippen LogP contribution in [-0.4, -0.2) is 22.7 Å². The summed E-state index contributed by atoms with van der Waals surface area (Å²) in [7, 11) is 0. The number of thioether (sulfide) groups is 1. The molecule has 1 aromatic carbocycles. The predicted octanol–water partition coefficient (Wildman–Crippen LogP) is 4.02. The smallest absolute Gasteiger partial charge is 0.449 e. The molecule has 2 aliphatic heterocycles. The van der Waals surface area contributed by atoms with E-state index in [0.29, 0.717) is 26.2 Å². The zero-order valence-corrected chi connectivity index (χ0v) is 17.0. The first kappa shape index (κ1) is 20.5. The highest BCUT2D eigenvalue weighted by Gasteiger charge is 2.39. The Morgan fingerprint density at radius 3 is 2.73 bits per heavy atom. The van der Waals surface area contributed by atoms with E-state index in [4.69, 9.17) is 21.4 Å². The number of anilines is 1. The summed E-state index contributed by atoms with van der Waals surface area (Å²) in [6.45, 7) is 0.783. The summed E-state index contributed by atoms with van der Waals surface area (Å²) in [6.07, 6.45) is -3.10. The fourth-order valence-electron chi connectivity index (χ4n) is 3.15. The molecule has 3 heterocycles. The Morgan fingerprint density at radius 1 is 1.30 bits per heavy atom. The lowest BCUT2D eigenvalue weighted by Gasteiger charge is -2.29. The predicted molar refractivity (Wildman–Crippen MR) is 108 cm³/mol. The van der Waals surface area contributed by atoms with E-state index in [0.717, 1.165) is 11.8 Å². The normalized spacial score (nSPS) is 17.9. The van der Waals surface area contributed by atoms with Crippen molar-refractivity contribution in [3.05, 3.63) is 51.8 Å². The summed E-state index contributed by atoms with van der Waals surface area (Å²) in [5.74, 6) is -1.52. The van der Waals surface area contributed by atoms with Gasteiger partial charge in [0.1, 0.15) is 15.8 Å². The molecule has 1 saturated heterocycles. The quantitative estimate of drug-likeness (QED) is 0.558. The SMILES string of the molecule is Cc1cc(CN2C(=O)COc3ccc(C=C4SC(=S)NC4=O)cc32)c(C(F)(F)F)o1. The van der Waals surface area contributed by atoms with Gasteiger partial charge in [0.15, 0.2) is 6.61 Å². The van der Waals surface area contributed by atoms with Crippen LogP contribution in [0.5, 0.6) is 5.75 Å². The Hall–Kier alpha value is -2.79. The number of carbonyl (C=O) groups is 2. The molecule has 0 spiro atoms. The molecule has 2 aliphatic rings. The number of benzene rings is 1. The van der Waals surface area contributed by atoms with Crippen LogP contribution in [0.1, 0.15) is 22.6 Å². The zero-order chi connectivity index (χ0) is 21.6. The number of halogens is 3. The van der Waals surface area contributed by atoms with E-state index >= 15 is 0 Å². The number of amides is 2. The molecule has 156 valence electrons. The van der Waals surface area contributed by atoms with E-state index in [-0.39, 0.29) is 30.4 Å². The number of hydrogen-bond donors (Lipinski definition) is 1. The number of nitrogens with one attached hydrogen (secondary N) is 1. The van der Waals surface area contributed by atoms with Gasteiger partial charge in [0.05, 0.1) is 17.1 Å². The van der Waals surface area contributed by atoms with Gasteiger partial charge in [-0.25, -0.2) is 0 Å². The molecule has 0 radical (unpaired) electrons. The minimum absolute atomic E-state index is 0.0944. The summed E-state index contributed by atoms with van der Waals surface area (Å²) in [6, 6.07) is 6.12. The largest absolute Gasteiger partial charge is 0.482 e. The molecule has 0 atom stereocenters. The van der Waals surface area contributed by atoms with Crippen LogP contribution < -0.4 is 15.0 Å². The van der Waals surface area contributed by atoms with Crippen molar-refractivity contribution in [3.8, 4) is 5.75 Å². The topological polar surface area (TPSA) is 71.8 Å². The van der Waals surface area contributed by atoms with Crippen molar-refractivity contribution in [3.63, 3.8) is 0 Å². The zero-order valence-electron chi connectivity index (χ0n) is 15.3. The molecule has 11 heteroatoms. The van der Waals surface area contributed by atoms with Gasteiger partial charge in [0.2, 0.25) is 5.76 Å². The monoisotopic (exact) mass is 454 g/mol. The first-order valence-corrected chi connectivity index (χ1v) is 9.83. The maximum atomic E-state index is 13.3. The fourth-order valence-corrected chi connectivity index (χ4v) is 4.19. The van der Waals surface area contributed by atoms with Gasteiger partial charge in [-0.2, -0.15) is 13.2 Å². The molecule has 30 heavy (non-hydrogen) atoms. The number of fused-ring (bicyclic) bond motifs is 1. The van der Waals surface area contributed by atoms with Gasteiger partial charge in [0.25, 0.3) is 11.8 Å². The maximum Gasteiger partial charge on any atom is 0.449 e. The van der Waals surface area contributed by atoms with Gasteiger partial charge in [-0.3, -0.25) is 9.59 Å². The molecule has 2 aromatic rings. The van der Waals surface area contributed by atoms with Crippen LogP contribution in [0.15, 0.2) is 33.6 Å². The lowest BCUT2D eigenvalue weighted by atomic mass is 10.1. The van der Waals surface area contributed by atoms with Crippen LogP contribution in [0.2, 0.25) is 0 Å². The minimum Gasteiger partial charge on any atom is -0.482 e. The lowest BCUT2D eigenvalue weighted by molar-refractivity contribution is -0.154. The van der Waals surface area contributed by atoms with E-state index in [2.05, 4.69) is 5.32 Å². The highest BCUT2D eigenvalue weighted by molar-refractivity contribution is 8.26. The maximum absolute atomic E-state index is 13.3. The number of nitrogens with zero attached hydrogens (tertiary/aromatic N) is 1. The van der Waals surface area contributed by atoms with Gasteiger partial charge < -0.3 is 19.4 Å². The van der Waals surface area contributed by atoms with Crippen molar-refractivity contribution in [1.29, 1.82) is 0 Å². The molecular weight excluding hydrogens is 441 g/mol. The molecule has 0 unspecified atom stereocenters. The second-order valence-corrected chi connectivity index (χ2v) is 8.28. The number of furan rings is 1. The Kier molecular flexibility index (Phi) is 5.10. The van der Waals surface area contributed by atoms with Crippen molar-refractivity contribution in [2.75, 3.05) is 11.5 Å². The van der Waals surface area contributed by atoms with Crippen molar-refractivity contribution in [1.82, 2.24) is 5.32 Å². The average molecular weight is 454 g/mol. The van der Waals surface area contributed by atoms with Gasteiger partial charge in [-0.15, -0.1) is 0 Å². The van der Waals surface area contributed by atoms with Crippen molar-refractivity contribution < 1.29 is 31.9 Å². The third-order valence-electron chi connectivity index (χ3n) is 4.38. The summed E-state index contributed by atoms with van der Waals surface area (Å²) < 4.78 is 50.4. The molecule has 4 rings (SSSR count). The van der Waals surface area contributed by atoms with Crippen molar-refractivity contribution >= 4 is 51.9 Å². The number of hydrogen-bond acceptors (Lipinski definition) is 6. The molecule has 6 nitrogen and oxygen atoms in total. The molecule has 0 aliphatic carbocycles. The van der Waals surface area contributed by atoms with Gasteiger partial charge in [-0.05, 0) is 36.8 Å². The Morgan fingerprint density at radius 2 is 2.07 bits per heavy atom. The molecule has 0 saturated carbocycles. The standard InChI is InChI=1S/C19H13F3N2O4S2/c1-9-4-11(16(28-9)19(20,21)22)7-24-12-5-10(2-3-13(12)27-8-15(24)25)6-14-17(26)23-18(29)30-14/h2-6H,7-8H2,1H3,(H,23,26,29). The summed E-state index contributed by atoms with van der Waals surface area (Å²) >= 11 is 6.05. The van der Waals surface area contributed by atoms with Gasteiger partial charge in [0, 0.05) is 5.56 Å². The Bertz CT molecular complexity index is 1110. The first-order valence-electron chi connectivity index (χ1n) is 8.60. The molecule has 2 amide bonds. The van der Waals surface area contributed by atoms with Crippen LogP contribution >= 0.6 is 24.0 Å². The van der Waals surface area contributed by atoms with Crippen LogP contribution in [0, 0.1) is 6.92 Å². The van der Waals surface area contributed by atoms with Crippen LogP contribution in [0.25, 0.3) is 6.08 Å². The summed E-state index contributed by atoms with van der Waals surface area (Å²) in [5.41, 5.74) is 0.721. The van der Waals surface area contributed by atoms with E-state index < -0.39 is 17.8 Å². The van der Waals surface area contributed by atoms with E-state index in [1.165, 1.54) is 17.9 Å². The number of carbonyl (C=O) groups excluding carboxylic acids is 2. The number of rotatable bonds is 3. The Labute approximate surface area is 178 Å². The van der Waals surface area contributed by atoms with Crippen molar-refractivity contribution in [2.45, 2.75) is 19.6 Å². The molecule has 0 bridgehead atoms. The molecule has 1 fully saturated rings. The van der Waals surface area contributed by atoms with Crippen LogP contribution in [0.4, 0.5) is 18.9 Å². The number of alkyl halides is 3. The minimum atomic E-state index is -4.68. The second-order valence-electron chi connectivity index (χ2n) is 6.56. The van der Waals surface area contributed by atoms with E-state index in [1.54, 1.807) is 24.3 Å².